The van der Waals surface area contributed by atoms with Crippen LogP contribution in [-0.4, -0.2) is 11.1 Å². The Bertz CT molecular complexity index is 869. The molecule has 2 aromatic carbocycles. The van der Waals surface area contributed by atoms with Crippen LogP contribution in [0.1, 0.15) is 34.2 Å². The highest BCUT2D eigenvalue weighted by Gasteiger charge is 2.37. The molecular weight excluding hydrogens is 355 g/mol. The highest BCUT2D eigenvalue weighted by Crippen LogP contribution is 2.40. The Kier molecular flexibility index (Phi) is 5.39. The van der Waals surface area contributed by atoms with Crippen molar-refractivity contribution < 1.29 is 31.9 Å². The van der Waals surface area contributed by atoms with Crippen molar-refractivity contribution in [1.29, 1.82) is 0 Å². The topological polar surface area (TPSA) is 37.3 Å². The summed E-state index contributed by atoms with van der Waals surface area (Å²) in [5, 5.41) is 8.73. The van der Waals surface area contributed by atoms with Crippen LogP contribution in [0.15, 0.2) is 18.2 Å². The van der Waals surface area contributed by atoms with E-state index in [2.05, 4.69) is 0 Å². The fourth-order valence-electron chi connectivity index (χ4n) is 2.90. The normalized spacial score (nSPS) is 11.7. The van der Waals surface area contributed by atoms with E-state index in [1.807, 2.05) is 0 Å². The van der Waals surface area contributed by atoms with E-state index in [0.29, 0.717) is 17.2 Å². The third-order valence-corrected chi connectivity index (χ3v) is 4.40. The summed E-state index contributed by atoms with van der Waals surface area (Å²) < 4.78 is 69.0. The standard InChI is InChI=1S/C19H17F5O2/c1-9-4-5-10(2)16(11(9)3)13-8-14(19(22,23)24)18(21)12(17(13)20)6-7-15(25)26/h4-5,8H,6-7H2,1-3H3,(H,25,26). The van der Waals surface area contributed by atoms with Crippen molar-refractivity contribution in [3.8, 4) is 11.1 Å². The number of benzene rings is 2. The van der Waals surface area contributed by atoms with Gasteiger partial charge in [0.05, 0.1) is 5.56 Å². The molecule has 0 saturated heterocycles. The second-order valence-electron chi connectivity index (χ2n) is 6.17. The van der Waals surface area contributed by atoms with Crippen LogP contribution < -0.4 is 0 Å². The van der Waals surface area contributed by atoms with Crippen LogP contribution in [0.2, 0.25) is 0 Å². The molecule has 0 aliphatic heterocycles. The third kappa shape index (κ3) is 3.71. The first-order chi connectivity index (χ1) is 11.9. The predicted molar refractivity (Wildman–Crippen MR) is 87.0 cm³/mol. The number of aliphatic carboxylic acids is 1. The van der Waals surface area contributed by atoms with Gasteiger partial charge in [0, 0.05) is 17.5 Å². The number of carboxylic acid groups (broad SMARTS) is 1. The molecule has 2 rings (SSSR count). The lowest BCUT2D eigenvalue weighted by molar-refractivity contribution is -0.140. The molecule has 0 aliphatic carbocycles. The van der Waals surface area contributed by atoms with Gasteiger partial charge in [0.15, 0.2) is 0 Å². The van der Waals surface area contributed by atoms with Crippen molar-refractivity contribution >= 4 is 5.97 Å². The van der Waals surface area contributed by atoms with E-state index in [1.54, 1.807) is 32.9 Å². The monoisotopic (exact) mass is 372 g/mol. The molecule has 0 fully saturated rings. The Hall–Kier alpha value is -2.44. The van der Waals surface area contributed by atoms with Gasteiger partial charge >= 0.3 is 12.1 Å². The molecule has 140 valence electrons. The number of carbonyl (C=O) groups is 1. The maximum atomic E-state index is 14.9. The molecule has 2 aromatic rings. The average molecular weight is 372 g/mol. The highest BCUT2D eigenvalue weighted by atomic mass is 19.4. The summed E-state index contributed by atoms with van der Waals surface area (Å²) in [6.45, 7) is 5.00. The van der Waals surface area contributed by atoms with Crippen LogP contribution in [0, 0.1) is 32.4 Å². The molecule has 0 amide bonds. The van der Waals surface area contributed by atoms with Crippen LogP contribution in [0.4, 0.5) is 22.0 Å². The Morgan fingerprint density at radius 1 is 1.04 bits per heavy atom. The second kappa shape index (κ2) is 7.05. The van der Waals surface area contributed by atoms with Gasteiger partial charge in [-0.3, -0.25) is 4.79 Å². The molecule has 2 nitrogen and oxygen atoms in total. The fraction of sp³-hybridized carbons (Fsp3) is 0.316. The van der Waals surface area contributed by atoms with Crippen LogP contribution >= 0.6 is 0 Å². The van der Waals surface area contributed by atoms with Gasteiger partial charge < -0.3 is 5.11 Å². The molecule has 26 heavy (non-hydrogen) atoms. The van der Waals surface area contributed by atoms with Crippen LogP contribution in [0.5, 0.6) is 0 Å². The number of alkyl halides is 3. The zero-order valence-corrected chi connectivity index (χ0v) is 14.4. The molecule has 7 heteroatoms. The number of aryl methyl sites for hydroxylation is 2. The van der Waals surface area contributed by atoms with E-state index in [-0.39, 0.29) is 11.1 Å². The molecule has 0 atom stereocenters. The van der Waals surface area contributed by atoms with Gasteiger partial charge in [-0.15, -0.1) is 0 Å². The van der Waals surface area contributed by atoms with Crippen molar-refractivity contribution in [1.82, 2.24) is 0 Å². The first kappa shape index (κ1) is 19.9. The minimum Gasteiger partial charge on any atom is -0.481 e. The molecule has 1 N–H and O–H groups in total. The van der Waals surface area contributed by atoms with Crippen LogP contribution in [0.25, 0.3) is 11.1 Å². The summed E-state index contributed by atoms with van der Waals surface area (Å²) in [6.07, 6.45) is -6.38. The van der Waals surface area contributed by atoms with Crippen molar-refractivity contribution in [3.63, 3.8) is 0 Å². The number of hydrogen-bond donors (Lipinski definition) is 1. The zero-order chi connectivity index (χ0) is 19.8. The quantitative estimate of drug-likeness (QED) is 0.710. The van der Waals surface area contributed by atoms with Gasteiger partial charge in [0.25, 0.3) is 0 Å². The molecule has 0 heterocycles. The average Bonchev–Trinajstić information content (AvgIpc) is 2.51. The summed E-state index contributed by atoms with van der Waals surface area (Å²) in [5.41, 5.74) is -0.729. The molecule has 0 aromatic heterocycles. The Morgan fingerprint density at radius 3 is 2.15 bits per heavy atom. The third-order valence-electron chi connectivity index (χ3n) is 4.40. The molecule has 0 radical (unpaired) electrons. The molecule has 0 saturated carbocycles. The van der Waals surface area contributed by atoms with Crippen LogP contribution in [0.3, 0.4) is 0 Å². The van der Waals surface area contributed by atoms with Crippen molar-refractivity contribution in [2.45, 2.75) is 39.8 Å². The minimum atomic E-state index is -5.03. The first-order valence-corrected chi connectivity index (χ1v) is 7.82. The van der Waals surface area contributed by atoms with Gasteiger partial charge in [-0.2, -0.15) is 13.2 Å². The smallest absolute Gasteiger partial charge is 0.419 e. The zero-order valence-electron chi connectivity index (χ0n) is 14.4. The molecule has 0 aliphatic rings. The SMILES string of the molecule is Cc1ccc(C)c(-c2cc(C(F)(F)F)c(F)c(CCC(=O)O)c2F)c1C. The summed E-state index contributed by atoms with van der Waals surface area (Å²) in [7, 11) is 0. The second-order valence-corrected chi connectivity index (χ2v) is 6.17. The summed E-state index contributed by atoms with van der Waals surface area (Å²) in [4.78, 5) is 10.7. The fourth-order valence-corrected chi connectivity index (χ4v) is 2.90. The Balaban J connectivity index is 2.84. The van der Waals surface area contributed by atoms with E-state index < -0.39 is 47.7 Å². The van der Waals surface area contributed by atoms with Gasteiger partial charge in [-0.25, -0.2) is 8.78 Å². The predicted octanol–water partition coefficient (Wildman–Crippen LogP) is 5.59. The molecule has 0 spiro atoms. The molecule has 0 bridgehead atoms. The number of hydrogen-bond acceptors (Lipinski definition) is 1. The maximum Gasteiger partial charge on any atom is 0.419 e. The van der Waals surface area contributed by atoms with Crippen molar-refractivity contribution in [2.24, 2.45) is 0 Å². The first-order valence-electron chi connectivity index (χ1n) is 7.82. The van der Waals surface area contributed by atoms with Crippen molar-refractivity contribution in [3.05, 3.63) is 57.7 Å². The van der Waals surface area contributed by atoms with E-state index >= 15 is 0 Å². The summed E-state index contributed by atoms with van der Waals surface area (Å²) in [6, 6.07) is 3.86. The Morgan fingerprint density at radius 2 is 1.62 bits per heavy atom. The van der Waals surface area contributed by atoms with E-state index in [4.69, 9.17) is 5.11 Å². The molecular formula is C19H17F5O2. The van der Waals surface area contributed by atoms with Crippen LogP contribution in [-0.2, 0) is 17.4 Å². The number of carboxylic acids is 1. The highest BCUT2D eigenvalue weighted by molar-refractivity contribution is 5.74. The lowest BCUT2D eigenvalue weighted by Crippen LogP contribution is -2.14. The lowest BCUT2D eigenvalue weighted by atomic mass is 9.89. The van der Waals surface area contributed by atoms with E-state index in [9.17, 15) is 26.7 Å². The van der Waals surface area contributed by atoms with Gasteiger partial charge in [-0.05, 0) is 55.5 Å². The number of rotatable bonds is 4. The maximum absolute atomic E-state index is 14.9. The van der Waals surface area contributed by atoms with Gasteiger partial charge in [-0.1, -0.05) is 12.1 Å². The van der Waals surface area contributed by atoms with Crippen molar-refractivity contribution in [2.75, 3.05) is 0 Å². The minimum absolute atomic E-state index is 0.254. The summed E-state index contributed by atoms with van der Waals surface area (Å²) >= 11 is 0. The number of halogens is 5. The van der Waals surface area contributed by atoms with Gasteiger partial charge in [0.2, 0.25) is 0 Å². The van der Waals surface area contributed by atoms with E-state index in [1.165, 1.54) is 0 Å². The van der Waals surface area contributed by atoms with Gasteiger partial charge in [0.1, 0.15) is 11.6 Å². The summed E-state index contributed by atoms with van der Waals surface area (Å²) in [5.74, 6) is -4.28. The largest absolute Gasteiger partial charge is 0.481 e. The Labute approximate surface area is 147 Å². The lowest BCUT2D eigenvalue weighted by Gasteiger charge is -2.19. The van der Waals surface area contributed by atoms with E-state index in [0.717, 1.165) is 5.56 Å². The molecule has 0 unspecified atom stereocenters.